The highest BCUT2D eigenvalue weighted by molar-refractivity contribution is 5.91. The molecule has 0 aliphatic carbocycles. The Morgan fingerprint density at radius 3 is 2.52 bits per heavy atom. The average Bonchev–Trinajstić information content (AvgIpc) is 2.37. The number of nitriles is 1. The maximum Gasteiger partial charge on any atom is 0.573 e. The molecule has 21 heavy (non-hydrogen) atoms. The summed E-state index contributed by atoms with van der Waals surface area (Å²) < 4.78 is 39.7. The van der Waals surface area contributed by atoms with Crippen LogP contribution in [0.25, 0.3) is 0 Å². The fraction of sp³-hybridized carbons (Fsp3) is 0.385. The minimum atomic E-state index is -4.74. The Morgan fingerprint density at radius 2 is 2.00 bits per heavy atom. The van der Waals surface area contributed by atoms with E-state index < -0.39 is 6.36 Å². The van der Waals surface area contributed by atoms with Gasteiger partial charge in [-0.05, 0) is 24.3 Å². The molecule has 114 valence electrons. The first-order valence-corrected chi connectivity index (χ1v) is 6.14. The number of nitrogens with one attached hydrogen (secondary N) is 2. The normalized spacial score (nSPS) is 12.3. The molecule has 0 fully saturated rings. The van der Waals surface area contributed by atoms with E-state index in [4.69, 9.17) is 5.26 Å². The van der Waals surface area contributed by atoms with Crippen LogP contribution >= 0.6 is 0 Å². The number of likely N-dealkylation sites (N-methyl/N-ethyl adjacent to an activating group) is 1. The molecule has 5 nitrogen and oxygen atoms in total. The van der Waals surface area contributed by atoms with Crippen LogP contribution in [0.1, 0.15) is 6.42 Å². The van der Waals surface area contributed by atoms with Gasteiger partial charge in [-0.1, -0.05) is 0 Å². The third-order valence-corrected chi connectivity index (χ3v) is 2.50. The summed E-state index contributed by atoms with van der Waals surface area (Å²) in [4.78, 5) is 12.5. The van der Waals surface area contributed by atoms with Gasteiger partial charge in [-0.25, -0.2) is 0 Å². The predicted octanol–water partition coefficient (Wildman–Crippen LogP) is 0.952. The first-order valence-electron chi connectivity index (χ1n) is 6.14. The Hall–Kier alpha value is -2.27. The van der Waals surface area contributed by atoms with Crippen molar-refractivity contribution < 1.29 is 27.6 Å². The molecule has 0 bridgehead atoms. The van der Waals surface area contributed by atoms with Crippen LogP contribution in [0.4, 0.5) is 18.9 Å². The van der Waals surface area contributed by atoms with E-state index in [1.54, 1.807) is 7.05 Å². The maximum atomic E-state index is 12.0. The molecule has 0 aliphatic rings. The lowest BCUT2D eigenvalue weighted by Crippen LogP contribution is -3.10. The van der Waals surface area contributed by atoms with Crippen molar-refractivity contribution in [2.45, 2.75) is 12.8 Å². The fourth-order valence-corrected chi connectivity index (χ4v) is 1.58. The van der Waals surface area contributed by atoms with Gasteiger partial charge in [0, 0.05) is 5.69 Å². The highest BCUT2D eigenvalue weighted by Gasteiger charge is 2.30. The number of hydrogen-bond acceptors (Lipinski definition) is 3. The topological polar surface area (TPSA) is 66.6 Å². The van der Waals surface area contributed by atoms with Gasteiger partial charge in [-0.3, -0.25) is 4.79 Å². The summed E-state index contributed by atoms with van der Waals surface area (Å²) in [6.07, 6.45) is -4.39. The van der Waals surface area contributed by atoms with Crippen molar-refractivity contribution in [3.63, 3.8) is 0 Å². The number of amides is 1. The number of carbonyl (C=O) groups excluding carboxylic acids is 1. The molecule has 0 radical (unpaired) electrons. The van der Waals surface area contributed by atoms with E-state index in [9.17, 15) is 18.0 Å². The lowest BCUT2D eigenvalue weighted by Gasteiger charge is -2.12. The van der Waals surface area contributed by atoms with Gasteiger partial charge in [0.05, 0.1) is 26.1 Å². The molecule has 1 atom stereocenters. The van der Waals surface area contributed by atoms with Gasteiger partial charge in [0.2, 0.25) is 0 Å². The Bertz CT molecular complexity index is 509. The smallest absolute Gasteiger partial charge is 0.406 e. The average molecular weight is 302 g/mol. The van der Waals surface area contributed by atoms with E-state index in [0.29, 0.717) is 18.7 Å². The second kappa shape index (κ2) is 7.50. The molecule has 1 rings (SSSR count). The predicted molar refractivity (Wildman–Crippen MR) is 68.6 cm³/mol. The molecule has 0 saturated heterocycles. The number of quaternary nitrogens is 1. The molecule has 8 heteroatoms. The van der Waals surface area contributed by atoms with E-state index in [2.05, 4.69) is 10.1 Å². The van der Waals surface area contributed by atoms with Crippen LogP contribution < -0.4 is 15.0 Å². The van der Waals surface area contributed by atoms with E-state index in [1.165, 1.54) is 12.1 Å². The number of anilines is 1. The zero-order valence-corrected chi connectivity index (χ0v) is 11.3. The van der Waals surface area contributed by atoms with Gasteiger partial charge < -0.3 is 15.0 Å². The second-order valence-electron chi connectivity index (χ2n) is 4.41. The van der Waals surface area contributed by atoms with Crippen molar-refractivity contribution in [1.29, 1.82) is 5.26 Å². The number of hydrogen-bond donors (Lipinski definition) is 2. The molecule has 2 N–H and O–H groups in total. The maximum absolute atomic E-state index is 12.0. The second-order valence-corrected chi connectivity index (χ2v) is 4.41. The van der Waals surface area contributed by atoms with E-state index >= 15 is 0 Å². The molecule has 0 aliphatic heterocycles. The van der Waals surface area contributed by atoms with Crippen LogP contribution in [0.2, 0.25) is 0 Å². The third kappa shape index (κ3) is 7.17. The van der Waals surface area contributed by atoms with E-state index in [1.807, 2.05) is 6.07 Å². The Kier molecular flexibility index (Phi) is 5.99. The first kappa shape index (κ1) is 16.8. The standard InChI is InChI=1S/C13H14F3N3O2/c1-19(8-2-7-17)9-12(20)18-10-3-5-11(6-4-10)21-13(14,15)16/h3-6H,2,8-9H2,1H3,(H,18,20)/p+1. The molecule has 1 amide bonds. The van der Waals surface area contributed by atoms with E-state index in [-0.39, 0.29) is 18.2 Å². The minimum Gasteiger partial charge on any atom is -0.406 e. The number of ether oxygens (including phenoxy) is 1. The summed E-state index contributed by atoms with van der Waals surface area (Å²) in [5.74, 6) is -0.632. The van der Waals surface area contributed by atoms with Crippen molar-refractivity contribution in [1.82, 2.24) is 0 Å². The Balaban J connectivity index is 2.48. The van der Waals surface area contributed by atoms with Gasteiger partial charge in [0.1, 0.15) is 5.75 Å². The first-order chi connectivity index (χ1) is 9.80. The zero-order chi connectivity index (χ0) is 15.9. The molecule has 0 heterocycles. The molecule has 1 aromatic carbocycles. The lowest BCUT2D eigenvalue weighted by atomic mass is 10.3. The molecular weight excluding hydrogens is 287 g/mol. The SMILES string of the molecule is C[NH+](CCC#N)CC(=O)Nc1ccc(OC(F)(F)F)cc1. The lowest BCUT2D eigenvalue weighted by molar-refractivity contribution is -0.870. The molecule has 0 spiro atoms. The molecule has 1 aromatic rings. The summed E-state index contributed by atoms with van der Waals surface area (Å²) in [5.41, 5.74) is 0.377. The number of halogens is 3. The van der Waals surface area contributed by atoms with Gasteiger partial charge >= 0.3 is 6.36 Å². The van der Waals surface area contributed by atoms with Crippen LogP contribution in [0.5, 0.6) is 5.75 Å². The number of carbonyl (C=O) groups is 1. The number of alkyl halides is 3. The summed E-state index contributed by atoms with van der Waals surface area (Å²) in [7, 11) is 1.77. The molecule has 0 saturated carbocycles. The highest BCUT2D eigenvalue weighted by Crippen LogP contribution is 2.23. The summed E-state index contributed by atoms with van der Waals surface area (Å²) in [5, 5.41) is 11.0. The van der Waals surface area contributed by atoms with Crippen molar-refractivity contribution >= 4 is 11.6 Å². The number of benzene rings is 1. The van der Waals surface area contributed by atoms with Crippen LogP contribution in [0, 0.1) is 11.3 Å². The fourth-order valence-electron chi connectivity index (χ4n) is 1.58. The third-order valence-electron chi connectivity index (χ3n) is 2.50. The number of nitrogens with zero attached hydrogens (tertiary/aromatic N) is 1. The minimum absolute atomic E-state index is 0.169. The van der Waals surface area contributed by atoms with Crippen molar-refractivity contribution in [2.24, 2.45) is 0 Å². The number of rotatable bonds is 6. The van der Waals surface area contributed by atoms with Gasteiger partial charge in [0.25, 0.3) is 5.91 Å². The van der Waals surface area contributed by atoms with Gasteiger partial charge in [-0.2, -0.15) is 5.26 Å². The van der Waals surface area contributed by atoms with Gasteiger partial charge in [0.15, 0.2) is 6.54 Å². The summed E-state index contributed by atoms with van der Waals surface area (Å²) in [6.45, 7) is 0.713. The van der Waals surface area contributed by atoms with Crippen molar-refractivity contribution in [2.75, 3.05) is 25.5 Å². The van der Waals surface area contributed by atoms with Gasteiger partial charge in [-0.15, -0.1) is 13.2 Å². The zero-order valence-electron chi connectivity index (χ0n) is 11.3. The summed E-state index contributed by atoms with van der Waals surface area (Å²) in [6, 6.07) is 6.87. The molecule has 0 aromatic heterocycles. The molecule has 1 unspecified atom stereocenters. The van der Waals surface area contributed by atoms with Crippen molar-refractivity contribution in [3.05, 3.63) is 24.3 Å². The van der Waals surface area contributed by atoms with Crippen LogP contribution in [0.3, 0.4) is 0 Å². The quantitative estimate of drug-likeness (QED) is 0.822. The van der Waals surface area contributed by atoms with Crippen molar-refractivity contribution in [3.8, 4) is 11.8 Å². The van der Waals surface area contributed by atoms with Crippen LogP contribution in [-0.4, -0.2) is 32.4 Å². The Labute approximate surface area is 119 Å². The van der Waals surface area contributed by atoms with Crippen LogP contribution in [-0.2, 0) is 4.79 Å². The monoisotopic (exact) mass is 302 g/mol. The largest absolute Gasteiger partial charge is 0.573 e. The van der Waals surface area contributed by atoms with Crippen LogP contribution in [0.15, 0.2) is 24.3 Å². The Morgan fingerprint density at radius 1 is 1.38 bits per heavy atom. The van der Waals surface area contributed by atoms with E-state index in [0.717, 1.165) is 17.0 Å². The summed E-state index contributed by atoms with van der Waals surface area (Å²) >= 11 is 0. The molecular formula is C13H15F3N3O2+. The highest BCUT2D eigenvalue weighted by atomic mass is 19.4.